The number of aromatic nitrogens is 2. The zero-order valence-electron chi connectivity index (χ0n) is 12.7. The molecule has 6 nitrogen and oxygen atoms in total. The molecule has 1 aromatic rings. The summed E-state index contributed by atoms with van der Waals surface area (Å²) in [6.07, 6.45) is 4.10. The summed E-state index contributed by atoms with van der Waals surface area (Å²) in [5.41, 5.74) is 1.06. The van der Waals surface area contributed by atoms with Crippen LogP contribution in [0.2, 0.25) is 0 Å². The summed E-state index contributed by atoms with van der Waals surface area (Å²) in [5, 5.41) is 10.0. The molecule has 2 N–H and O–H groups in total. The van der Waals surface area contributed by atoms with E-state index in [1.807, 2.05) is 0 Å². The molecule has 0 saturated carbocycles. The van der Waals surface area contributed by atoms with E-state index < -0.39 is 10.0 Å². The first-order chi connectivity index (χ1) is 9.98. The fourth-order valence-electron chi connectivity index (χ4n) is 2.00. The van der Waals surface area contributed by atoms with E-state index in [0.29, 0.717) is 17.9 Å². The van der Waals surface area contributed by atoms with Gasteiger partial charge in [-0.05, 0) is 19.9 Å². The average Bonchev–Trinajstić information content (AvgIpc) is 2.80. The van der Waals surface area contributed by atoms with E-state index in [1.54, 1.807) is 19.1 Å². The SMILES string of the molecule is C=CCN(CC=C)S(=O)(=O)c1c(CNCCC)n[nH]c1C. The van der Waals surface area contributed by atoms with E-state index in [-0.39, 0.29) is 18.0 Å². The summed E-state index contributed by atoms with van der Waals surface area (Å²) in [7, 11) is -3.62. The van der Waals surface area contributed by atoms with Gasteiger partial charge in [-0.25, -0.2) is 8.42 Å². The van der Waals surface area contributed by atoms with Crippen molar-refractivity contribution in [1.29, 1.82) is 0 Å². The van der Waals surface area contributed by atoms with Crippen molar-refractivity contribution in [2.24, 2.45) is 0 Å². The highest BCUT2D eigenvalue weighted by atomic mass is 32.2. The number of nitrogens with one attached hydrogen (secondary N) is 2. The van der Waals surface area contributed by atoms with Crippen LogP contribution in [0, 0.1) is 6.92 Å². The molecule has 0 aliphatic rings. The molecule has 0 unspecified atom stereocenters. The highest BCUT2D eigenvalue weighted by Crippen LogP contribution is 2.22. The summed E-state index contributed by atoms with van der Waals surface area (Å²) < 4.78 is 26.9. The molecular formula is C14H24N4O2S. The van der Waals surface area contributed by atoms with Crippen LogP contribution < -0.4 is 5.32 Å². The van der Waals surface area contributed by atoms with Gasteiger partial charge in [0.15, 0.2) is 0 Å². The van der Waals surface area contributed by atoms with Crippen molar-refractivity contribution >= 4 is 10.0 Å². The van der Waals surface area contributed by atoms with Crippen molar-refractivity contribution in [3.8, 4) is 0 Å². The van der Waals surface area contributed by atoms with Crippen LogP contribution in [0.25, 0.3) is 0 Å². The maximum absolute atomic E-state index is 12.8. The molecule has 7 heteroatoms. The molecule has 0 atom stereocenters. The maximum atomic E-state index is 12.8. The second kappa shape index (κ2) is 8.11. The zero-order valence-corrected chi connectivity index (χ0v) is 13.5. The summed E-state index contributed by atoms with van der Waals surface area (Å²) >= 11 is 0. The number of nitrogens with zero attached hydrogens (tertiary/aromatic N) is 2. The Balaban J connectivity index is 3.13. The Labute approximate surface area is 127 Å². The normalized spacial score (nSPS) is 11.8. The van der Waals surface area contributed by atoms with Crippen LogP contribution in [0.4, 0.5) is 0 Å². The van der Waals surface area contributed by atoms with E-state index in [1.165, 1.54) is 4.31 Å². The monoisotopic (exact) mass is 312 g/mol. The van der Waals surface area contributed by atoms with Gasteiger partial charge in [0, 0.05) is 19.6 Å². The predicted octanol–water partition coefficient (Wildman–Crippen LogP) is 1.58. The number of hydrogen-bond donors (Lipinski definition) is 2. The van der Waals surface area contributed by atoms with Crippen molar-refractivity contribution in [3.05, 3.63) is 36.7 Å². The number of sulfonamides is 1. The van der Waals surface area contributed by atoms with Gasteiger partial charge >= 0.3 is 0 Å². The minimum Gasteiger partial charge on any atom is -0.311 e. The number of aromatic amines is 1. The highest BCUT2D eigenvalue weighted by Gasteiger charge is 2.29. The lowest BCUT2D eigenvalue weighted by Gasteiger charge is -2.19. The third-order valence-corrected chi connectivity index (χ3v) is 4.98. The lowest BCUT2D eigenvalue weighted by atomic mass is 10.3. The Morgan fingerprint density at radius 1 is 1.33 bits per heavy atom. The average molecular weight is 312 g/mol. The summed E-state index contributed by atoms with van der Waals surface area (Å²) in [6, 6.07) is 0. The van der Waals surface area contributed by atoms with E-state index in [9.17, 15) is 8.42 Å². The smallest absolute Gasteiger partial charge is 0.247 e. The molecule has 1 rings (SSSR count). The van der Waals surface area contributed by atoms with E-state index in [4.69, 9.17) is 0 Å². The molecule has 0 bridgehead atoms. The number of H-pyrrole nitrogens is 1. The van der Waals surface area contributed by atoms with Gasteiger partial charge < -0.3 is 5.32 Å². The third kappa shape index (κ3) is 4.26. The molecular weight excluding hydrogens is 288 g/mol. The molecule has 1 heterocycles. The van der Waals surface area contributed by atoms with Crippen LogP contribution in [-0.2, 0) is 16.6 Å². The van der Waals surface area contributed by atoms with Crippen molar-refractivity contribution in [3.63, 3.8) is 0 Å². The number of aryl methyl sites for hydroxylation is 1. The second-order valence-electron chi connectivity index (χ2n) is 4.70. The molecule has 0 spiro atoms. The van der Waals surface area contributed by atoms with Gasteiger partial charge in [0.25, 0.3) is 0 Å². The second-order valence-corrected chi connectivity index (χ2v) is 6.58. The lowest BCUT2D eigenvalue weighted by Crippen LogP contribution is -2.32. The van der Waals surface area contributed by atoms with Crippen molar-refractivity contribution < 1.29 is 8.42 Å². The third-order valence-electron chi connectivity index (χ3n) is 2.94. The molecule has 0 fully saturated rings. The van der Waals surface area contributed by atoms with Crippen LogP contribution >= 0.6 is 0 Å². The minimum absolute atomic E-state index is 0.237. The van der Waals surface area contributed by atoms with Gasteiger partial charge in [-0.2, -0.15) is 9.40 Å². The molecule has 21 heavy (non-hydrogen) atoms. The van der Waals surface area contributed by atoms with Crippen LogP contribution in [-0.4, -0.2) is 42.6 Å². The fraction of sp³-hybridized carbons (Fsp3) is 0.500. The van der Waals surface area contributed by atoms with Gasteiger partial charge in [-0.15, -0.1) is 13.2 Å². The van der Waals surface area contributed by atoms with E-state index >= 15 is 0 Å². The predicted molar refractivity (Wildman–Crippen MR) is 84.5 cm³/mol. The topological polar surface area (TPSA) is 78.1 Å². The lowest BCUT2D eigenvalue weighted by molar-refractivity contribution is 0.472. The molecule has 0 amide bonds. The Hall–Kier alpha value is -1.44. The van der Waals surface area contributed by atoms with Gasteiger partial charge in [0.05, 0.1) is 11.4 Å². The zero-order chi connectivity index (χ0) is 15.9. The standard InChI is InChI=1S/C14H24N4O2S/c1-5-8-15-11-13-14(12(4)16-17-13)21(19,20)18(9-6-2)10-7-3/h6-7,15H,2-3,5,8-11H2,1,4H3,(H,16,17). The van der Waals surface area contributed by atoms with Crippen LogP contribution in [0.3, 0.4) is 0 Å². The van der Waals surface area contributed by atoms with E-state index in [2.05, 4.69) is 35.6 Å². The summed E-state index contributed by atoms with van der Waals surface area (Å²) in [6.45, 7) is 12.7. The molecule has 1 aromatic heterocycles. The minimum atomic E-state index is -3.62. The van der Waals surface area contributed by atoms with Crippen molar-refractivity contribution in [1.82, 2.24) is 19.8 Å². The fourth-order valence-corrected chi connectivity index (χ4v) is 3.71. The Morgan fingerprint density at radius 2 is 1.95 bits per heavy atom. The number of rotatable bonds is 10. The van der Waals surface area contributed by atoms with Gasteiger partial charge in [-0.1, -0.05) is 19.1 Å². The quantitative estimate of drug-likeness (QED) is 0.508. The van der Waals surface area contributed by atoms with Gasteiger partial charge in [0.1, 0.15) is 4.90 Å². The van der Waals surface area contributed by atoms with Crippen LogP contribution in [0.1, 0.15) is 24.7 Å². The van der Waals surface area contributed by atoms with E-state index in [0.717, 1.165) is 13.0 Å². The molecule has 0 aliphatic heterocycles. The highest BCUT2D eigenvalue weighted by molar-refractivity contribution is 7.89. The molecule has 0 saturated heterocycles. The first-order valence-electron chi connectivity index (χ1n) is 6.95. The molecule has 0 radical (unpaired) electrons. The van der Waals surface area contributed by atoms with Crippen molar-refractivity contribution in [2.75, 3.05) is 19.6 Å². The first-order valence-corrected chi connectivity index (χ1v) is 8.39. The van der Waals surface area contributed by atoms with Crippen LogP contribution in [0.5, 0.6) is 0 Å². The van der Waals surface area contributed by atoms with Crippen molar-refractivity contribution in [2.45, 2.75) is 31.7 Å². The van der Waals surface area contributed by atoms with Gasteiger partial charge in [-0.3, -0.25) is 5.10 Å². The largest absolute Gasteiger partial charge is 0.311 e. The Morgan fingerprint density at radius 3 is 2.48 bits per heavy atom. The van der Waals surface area contributed by atoms with Gasteiger partial charge in [0.2, 0.25) is 10.0 Å². The summed E-state index contributed by atoms with van der Waals surface area (Å²) in [5.74, 6) is 0. The maximum Gasteiger partial charge on any atom is 0.247 e. The van der Waals surface area contributed by atoms with Crippen LogP contribution in [0.15, 0.2) is 30.2 Å². The number of hydrogen-bond acceptors (Lipinski definition) is 4. The molecule has 0 aliphatic carbocycles. The Bertz CT molecular complexity index is 568. The molecule has 0 aromatic carbocycles. The molecule has 118 valence electrons. The summed E-state index contributed by atoms with van der Waals surface area (Å²) in [4.78, 5) is 0.245. The Kier molecular flexibility index (Phi) is 6.80. The first kappa shape index (κ1) is 17.6.